The first kappa shape index (κ1) is 12.2. The van der Waals surface area contributed by atoms with Crippen molar-refractivity contribution in [1.29, 1.82) is 0 Å². The number of para-hydroxylation sites is 1. The van der Waals surface area contributed by atoms with Crippen LogP contribution in [0.4, 0.5) is 0 Å². The minimum atomic E-state index is 0.0632. The highest BCUT2D eigenvalue weighted by atomic mass is 32.2. The molecule has 2 N–H and O–H groups in total. The van der Waals surface area contributed by atoms with Crippen LogP contribution >= 0.6 is 11.8 Å². The van der Waals surface area contributed by atoms with Crippen molar-refractivity contribution >= 4 is 22.7 Å². The van der Waals surface area contributed by atoms with Crippen LogP contribution in [0.15, 0.2) is 58.4 Å². The van der Waals surface area contributed by atoms with Gasteiger partial charge in [0, 0.05) is 11.9 Å². The second-order valence-corrected chi connectivity index (χ2v) is 5.25. The van der Waals surface area contributed by atoms with Crippen LogP contribution in [0.1, 0.15) is 11.0 Å². The van der Waals surface area contributed by atoms with E-state index in [1.165, 1.54) is 0 Å². The molecule has 0 amide bonds. The maximum absolute atomic E-state index is 5.83. The number of aromatic nitrogens is 2. The van der Waals surface area contributed by atoms with Gasteiger partial charge in [0.25, 0.3) is 0 Å². The number of hydrogen-bond acceptors (Lipinski definition) is 5. The van der Waals surface area contributed by atoms with Crippen LogP contribution in [0.3, 0.4) is 0 Å². The summed E-state index contributed by atoms with van der Waals surface area (Å²) in [6.07, 6.45) is 3.25. The van der Waals surface area contributed by atoms with Crippen LogP contribution in [0.5, 0.6) is 0 Å². The van der Waals surface area contributed by atoms with Crippen LogP contribution in [-0.4, -0.2) is 16.5 Å². The Kier molecular flexibility index (Phi) is 3.48. The van der Waals surface area contributed by atoms with Gasteiger partial charge >= 0.3 is 0 Å². The van der Waals surface area contributed by atoms with E-state index in [2.05, 4.69) is 9.97 Å². The second kappa shape index (κ2) is 5.42. The monoisotopic (exact) mass is 271 g/mol. The zero-order valence-electron chi connectivity index (χ0n) is 10.2. The van der Waals surface area contributed by atoms with E-state index in [4.69, 9.17) is 10.2 Å². The lowest BCUT2D eigenvalue weighted by atomic mass is 10.2. The van der Waals surface area contributed by atoms with Crippen molar-refractivity contribution in [2.24, 2.45) is 5.73 Å². The highest BCUT2D eigenvalue weighted by Gasteiger charge is 2.16. The molecule has 1 unspecified atom stereocenters. The summed E-state index contributed by atoms with van der Waals surface area (Å²) >= 11 is 1.61. The molecular weight excluding hydrogens is 258 g/mol. The van der Waals surface area contributed by atoms with Crippen LogP contribution in [0.25, 0.3) is 10.9 Å². The highest BCUT2D eigenvalue weighted by molar-refractivity contribution is 7.99. The van der Waals surface area contributed by atoms with Gasteiger partial charge in [-0.3, -0.25) is 0 Å². The first-order valence-corrected chi connectivity index (χ1v) is 6.86. The summed E-state index contributed by atoms with van der Waals surface area (Å²) < 4.78 is 5.43. The molecule has 4 nitrogen and oxygen atoms in total. The maximum Gasteiger partial charge on any atom is 0.118 e. The average Bonchev–Trinajstić information content (AvgIpc) is 2.99. The number of fused-ring (bicyclic) bond motifs is 1. The number of hydrogen-bond donors (Lipinski definition) is 1. The van der Waals surface area contributed by atoms with E-state index in [1.807, 2.05) is 36.4 Å². The lowest BCUT2D eigenvalue weighted by Gasteiger charge is -2.12. The quantitative estimate of drug-likeness (QED) is 0.583. The Morgan fingerprint density at radius 2 is 2.05 bits per heavy atom. The molecule has 0 radical (unpaired) electrons. The molecule has 0 fully saturated rings. The third-order valence-corrected chi connectivity index (χ3v) is 4.09. The average molecular weight is 271 g/mol. The van der Waals surface area contributed by atoms with Gasteiger partial charge in [0.2, 0.25) is 0 Å². The predicted octanol–water partition coefficient (Wildman–Crippen LogP) is 3.01. The minimum absolute atomic E-state index is 0.0632. The third-order valence-electron chi connectivity index (χ3n) is 2.83. The van der Waals surface area contributed by atoms with E-state index < -0.39 is 0 Å². The number of nitrogens with two attached hydrogens (primary N) is 1. The molecule has 5 heteroatoms. The van der Waals surface area contributed by atoms with E-state index in [9.17, 15) is 0 Å². The van der Waals surface area contributed by atoms with Crippen LogP contribution in [0, 0.1) is 0 Å². The van der Waals surface area contributed by atoms with E-state index in [-0.39, 0.29) is 5.25 Å². The molecule has 2 heterocycles. The Hall–Kier alpha value is -1.85. The normalized spacial score (nSPS) is 12.7. The molecule has 0 aliphatic rings. The molecule has 19 heavy (non-hydrogen) atoms. The fourth-order valence-corrected chi connectivity index (χ4v) is 2.93. The summed E-state index contributed by atoms with van der Waals surface area (Å²) in [6.45, 7) is 0.497. The molecule has 0 aliphatic heterocycles. The number of nitrogens with zero attached hydrogens (tertiary/aromatic N) is 2. The van der Waals surface area contributed by atoms with Gasteiger partial charge in [-0.25, -0.2) is 9.97 Å². The zero-order chi connectivity index (χ0) is 13.1. The van der Waals surface area contributed by atoms with Crippen molar-refractivity contribution in [2.75, 3.05) is 6.54 Å². The molecule has 1 atom stereocenters. The zero-order valence-corrected chi connectivity index (χ0v) is 11.0. The number of furan rings is 1. The van der Waals surface area contributed by atoms with Gasteiger partial charge in [0.15, 0.2) is 0 Å². The molecule has 0 saturated heterocycles. The number of thioether (sulfide) groups is 1. The third kappa shape index (κ3) is 2.47. The highest BCUT2D eigenvalue weighted by Crippen LogP contribution is 2.36. The fourth-order valence-electron chi connectivity index (χ4n) is 1.91. The van der Waals surface area contributed by atoms with Crippen molar-refractivity contribution in [1.82, 2.24) is 9.97 Å². The molecule has 0 aliphatic carbocycles. The largest absolute Gasteiger partial charge is 0.468 e. The Balaban J connectivity index is 1.96. The van der Waals surface area contributed by atoms with E-state index in [0.29, 0.717) is 6.54 Å². The first-order valence-electron chi connectivity index (χ1n) is 5.98. The standard InChI is InChI=1S/C14H13N3OS/c15-8-13(12-6-3-7-18-12)19-14-10-4-1-2-5-11(10)16-9-17-14/h1-7,9,13H,8,15H2. The van der Waals surface area contributed by atoms with Gasteiger partial charge in [-0.2, -0.15) is 0 Å². The van der Waals surface area contributed by atoms with Gasteiger partial charge in [-0.1, -0.05) is 30.0 Å². The Labute approximate surface area is 115 Å². The maximum atomic E-state index is 5.83. The molecule has 0 spiro atoms. The fraction of sp³-hybridized carbons (Fsp3) is 0.143. The summed E-state index contributed by atoms with van der Waals surface area (Å²) in [5.41, 5.74) is 6.77. The molecular formula is C14H13N3OS. The van der Waals surface area contributed by atoms with Crippen molar-refractivity contribution in [2.45, 2.75) is 10.3 Å². The molecule has 3 rings (SSSR count). The lowest BCUT2D eigenvalue weighted by molar-refractivity contribution is 0.507. The van der Waals surface area contributed by atoms with E-state index >= 15 is 0 Å². The van der Waals surface area contributed by atoms with Crippen molar-refractivity contribution in [3.8, 4) is 0 Å². The Morgan fingerprint density at radius 3 is 2.84 bits per heavy atom. The van der Waals surface area contributed by atoms with Gasteiger partial charge in [0.05, 0.1) is 17.0 Å². The number of rotatable bonds is 4. The van der Waals surface area contributed by atoms with Crippen molar-refractivity contribution < 1.29 is 4.42 Å². The Bertz CT molecular complexity index is 664. The number of benzene rings is 1. The summed E-state index contributed by atoms with van der Waals surface area (Å²) in [6, 6.07) is 11.8. The van der Waals surface area contributed by atoms with Gasteiger partial charge in [-0.05, 0) is 18.2 Å². The molecule has 0 saturated carbocycles. The van der Waals surface area contributed by atoms with E-state index in [0.717, 1.165) is 21.7 Å². The van der Waals surface area contributed by atoms with E-state index in [1.54, 1.807) is 24.4 Å². The van der Waals surface area contributed by atoms with Gasteiger partial charge in [0.1, 0.15) is 17.1 Å². The second-order valence-electron chi connectivity index (χ2n) is 4.05. The summed E-state index contributed by atoms with van der Waals surface area (Å²) in [7, 11) is 0. The minimum Gasteiger partial charge on any atom is -0.468 e. The molecule has 96 valence electrons. The van der Waals surface area contributed by atoms with Crippen molar-refractivity contribution in [3.05, 3.63) is 54.7 Å². The summed E-state index contributed by atoms with van der Waals surface area (Å²) in [5.74, 6) is 0.871. The topological polar surface area (TPSA) is 64.9 Å². The van der Waals surface area contributed by atoms with Gasteiger partial charge < -0.3 is 10.2 Å². The molecule has 0 bridgehead atoms. The molecule has 3 aromatic rings. The van der Waals surface area contributed by atoms with Crippen LogP contribution < -0.4 is 5.73 Å². The SMILES string of the molecule is NCC(Sc1ncnc2ccccc12)c1ccco1. The van der Waals surface area contributed by atoms with Crippen molar-refractivity contribution in [3.63, 3.8) is 0 Å². The van der Waals surface area contributed by atoms with Crippen LogP contribution in [0.2, 0.25) is 0 Å². The molecule has 1 aromatic carbocycles. The van der Waals surface area contributed by atoms with Gasteiger partial charge in [-0.15, -0.1) is 0 Å². The summed E-state index contributed by atoms with van der Waals surface area (Å²) in [4.78, 5) is 8.62. The molecule has 2 aromatic heterocycles. The van der Waals surface area contributed by atoms with Crippen LogP contribution in [-0.2, 0) is 0 Å². The smallest absolute Gasteiger partial charge is 0.118 e. The summed E-state index contributed by atoms with van der Waals surface area (Å²) in [5, 5.41) is 2.03. The first-order chi connectivity index (χ1) is 9.38. The predicted molar refractivity (Wildman–Crippen MR) is 75.9 cm³/mol. The lowest BCUT2D eigenvalue weighted by Crippen LogP contribution is -2.08. The Morgan fingerprint density at radius 1 is 1.16 bits per heavy atom.